The Morgan fingerprint density at radius 3 is 2.50 bits per heavy atom. The van der Waals surface area contributed by atoms with E-state index in [2.05, 4.69) is 16.8 Å². The van der Waals surface area contributed by atoms with Crippen molar-refractivity contribution in [2.45, 2.75) is 46.5 Å². The standard InChI is InChI=1S/C24H30N2O4/c1-16(2)23(28)30-12-8-11-29-19-14-20(24(4,5)6)22(27)21(15-19)26-25-18-10-7-9-17(3)13-18/h7,9-10,13-15,27H,1,8,11-12H2,2-6H3. The van der Waals surface area contributed by atoms with Crippen molar-refractivity contribution in [2.75, 3.05) is 13.2 Å². The summed E-state index contributed by atoms with van der Waals surface area (Å²) in [5.41, 5.74) is 2.90. The van der Waals surface area contributed by atoms with Crippen LogP contribution in [0.2, 0.25) is 0 Å². The number of azo groups is 1. The van der Waals surface area contributed by atoms with E-state index >= 15 is 0 Å². The molecule has 0 aliphatic heterocycles. The molecule has 0 aliphatic carbocycles. The van der Waals surface area contributed by atoms with Gasteiger partial charge in [-0.1, -0.05) is 39.5 Å². The number of carbonyl (C=O) groups excluding carboxylic acids is 1. The van der Waals surface area contributed by atoms with Crippen LogP contribution in [0, 0.1) is 6.92 Å². The molecule has 0 saturated heterocycles. The fourth-order valence-corrected chi connectivity index (χ4v) is 2.66. The second-order valence-electron chi connectivity index (χ2n) is 8.25. The Hall–Kier alpha value is -3.15. The molecule has 6 heteroatoms. The lowest BCUT2D eigenvalue weighted by atomic mass is 9.86. The van der Waals surface area contributed by atoms with Gasteiger partial charge in [-0.05, 0) is 43.0 Å². The number of nitrogens with zero attached hydrogens (tertiary/aromatic N) is 2. The van der Waals surface area contributed by atoms with E-state index in [1.807, 2.05) is 52.0 Å². The lowest BCUT2D eigenvalue weighted by molar-refractivity contribution is -0.139. The fourth-order valence-electron chi connectivity index (χ4n) is 2.66. The molecule has 0 saturated carbocycles. The van der Waals surface area contributed by atoms with Gasteiger partial charge in [0.1, 0.15) is 17.2 Å². The first-order chi connectivity index (χ1) is 14.1. The molecular weight excluding hydrogens is 380 g/mol. The molecule has 2 aromatic rings. The summed E-state index contributed by atoms with van der Waals surface area (Å²) < 4.78 is 10.9. The van der Waals surface area contributed by atoms with E-state index in [-0.39, 0.29) is 17.8 Å². The minimum Gasteiger partial charge on any atom is -0.505 e. The first-order valence-electron chi connectivity index (χ1n) is 9.89. The smallest absolute Gasteiger partial charge is 0.333 e. The number of hydrogen-bond acceptors (Lipinski definition) is 6. The van der Waals surface area contributed by atoms with Crippen LogP contribution in [0.15, 0.2) is 58.8 Å². The van der Waals surface area contributed by atoms with Crippen molar-refractivity contribution in [1.82, 2.24) is 0 Å². The molecule has 0 spiro atoms. The van der Waals surface area contributed by atoms with Gasteiger partial charge in [0, 0.05) is 23.6 Å². The molecule has 0 aliphatic rings. The van der Waals surface area contributed by atoms with Gasteiger partial charge in [-0.2, -0.15) is 5.11 Å². The molecule has 0 amide bonds. The zero-order valence-electron chi connectivity index (χ0n) is 18.4. The van der Waals surface area contributed by atoms with Crippen molar-refractivity contribution in [1.29, 1.82) is 0 Å². The Kier molecular flexibility index (Phi) is 7.75. The van der Waals surface area contributed by atoms with Crippen LogP contribution in [0.4, 0.5) is 11.4 Å². The number of phenols is 1. The van der Waals surface area contributed by atoms with Crippen LogP contribution in [0.5, 0.6) is 11.5 Å². The Labute approximate surface area is 178 Å². The zero-order chi connectivity index (χ0) is 22.3. The van der Waals surface area contributed by atoms with Crippen LogP contribution in [0.25, 0.3) is 0 Å². The van der Waals surface area contributed by atoms with Crippen molar-refractivity contribution in [3.63, 3.8) is 0 Å². The Morgan fingerprint density at radius 1 is 1.13 bits per heavy atom. The third kappa shape index (κ3) is 6.72. The minimum absolute atomic E-state index is 0.0849. The molecule has 0 radical (unpaired) electrons. The van der Waals surface area contributed by atoms with Crippen molar-refractivity contribution >= 4 is 17.3 Å². The highest BCUT2D eigenvalue weighted by Gasteiger charge is 2.22. The van der Waals surface area contributed by atoms with Gasteiger partial charge in [0.25, 0.3) is 0 Å². The summed E-state index contributed by atoms with van der Waals surface area (Å²) in [7, 11) is 0. The largest absolute Gasteiger partial charge is 0.505 e. The van der Waals surface area contributed by atoms with E-state index in [0.29, 0.717) is 41.3 Å². The minimum atomic E-state index is -0.409. The molecule has 160 valence electrons. The number of ether oxygens (including phenoxy) is 2. The monoisotopic (exact) mass is 410 g/mol. The molecule has 2 rings (SSSR count). The van der Waals surface area contributed by atoms with Gasteiger partial charge in [0.05, 0.1) is 18.9 Å². The second-order valence-corrected chi connectivity index (χ2v) is 8.25. The van der Waals surface area contributed by atoms with E-state index in [1.54, 1.807) is 19.1 Å². The van der Waals surface area contributed by atoms with Gasteiger partial charge in [-0.3, -0.25) is 0 Å². The third-order valence-electron chi connectivity index (χ3n) is 4.29. The van der Waals surface area contributed by atoms with Gasteiger partial charge in [0.2, 0.25) is 0 Å². The molecule has 1 N–H and O–H groups in total. The third-order valence-corrected chi connectivity index (χ3v) is 4.29. The lowest BCUT2D eigenvalue weighted by Gasteiger charge is -2.22. The predicted octanol–water partition coefficient (Wildman–Crippen LogP) is 6.30. The van der Waals surface area contributed by atoms with E-state index in [4.69, 9.17) is 9.47 Å². The average Bonchev–Trinajstić information content (AvgIpc) is 2.66. The van der Waals surface area contributed by atoms with E-state index < -0.39 is 5.97 Å². The number of aryl methyl sites for hydroxylation is 1. The first-order valence-corrected chi connectivity index (χ1v) is 9.89. The number of benzene rings is 2. The molecule has 0 atom stereocenters. The summed E-state index contributed by atoms with van der Waals surface area (Å²) in [6.07, 6.45) is 0.533. The van der Waals surface area contributed by atoms with Crippen molar-refractivity contribution in [2.24, 2.45) is 10.2 Å². The van der Waals surface area contributed by atoms with E-state index in [1.165, 1.54) is 0 Å². The first kappa shape index (κ1) is 23.1. The maximum absolute atomic E-state index is 11.4. The van der Waals surface area contributed by atoms with Gasteiger partial charge < -0.3 is 14.6 Å². The fraction of sp³-hybridized carbons (Fsp3) is 0.375. The SMILES string of the molecule is C=C(C)C(=O)OCCCOc1cc(N=Nc2cccc(C)c2)c(O)c(C(C)(C)C)c1. The van der Waals surface area contributed by atoms with Gasteiger partial charge in [-0.15, -0.1) is 5.11 Å². The highest BCUT2D eigenvalue weighted by molar-refractivity contribution is 5.86. The number of esters is 1. The number of rotatable bonds is 8. The van der Waals surface area contributed by atoms with Gasteiger partial charge in [0.15, 0.2) is 0 Å². The molecule has 30 heavy (non-hydrogen) atoms. The molecule has 6 nitrogen and oxygen atoms in total. The highest BCUT2D eigenvalue weighted by Crippen LogP contribution is 2.41. The van der Waals surface area contributed by atoms with E-state index in [0.717, 1.165) is 5.56 Å². The maximum Gasteiger partial charge on any atom is 0.333 e. The molecule has 0 bridgehead atoms. The second kappa shape index (κ2) is 10.1. The number of carbonyl (C=O) groups is 1. The summed E-state index contributed by atoms with van der Waals surface area (Å²) in [5, 5.41) is 19.2. The van der Waals surface area contributed by atoms with Crippen LogP contribution in [-0.4, -0.2) is 24.3 Å². The summed E-state index contributed by atoms with van der Waals surface area (Å²) in [6.45, 7) is 13.7. The van der Waals surface area contributed by atoms with Crippen LogP contribution in [0.1, 0.15) is 45.2 Å². The molecule has 0 aromatic heterocycles. The Bertz CT molecular complexity index is 943. The van der Waals surface area contributed by atoms with E-state index in [9.17, 15) is 9.90 Å². The molecule has 0 heterocycles. The summed E-state index contributed by atoms with van der Waals surface area (Å²) >= 11 is 0. The molecule has 0 unspecified atom stereocenters. The summed E-state index contributed by atoms with van der Waals surface area (Å²) in [4.78, 5) is 11.4. The summed E-state index contributed by atoms with van der Waals surface area (Å²) in [6, 6.07) is 11.1. The Morgan fingerprint density at radius 2 is 1.87 bits per heavy atom. The number of phenolic OH excluding ortho intramolecular Hbond substituents is 1. The van der Waals surface area contributed by atoms with Crippen molar-refractivity contribution in [3.8, 4) is 11.5 Å². The quantitative estimate of drug-likeness (QED) is 0.240. The van der Waals surface area contributed by atoms with Gasteiger partial charge >= 0.3 is 5.97 Å². The van der Waals surface area contributed by atoms with Crippen molar-refractivity contribution in [3.05, 3.63) is 59.7 Å². The van der Waals surface area contributed by atoms with Crippen LogP contribution in [-0.2, 0) is 14.9 Å². The molecule has 2 aromatic carbocycles. The van der Waals surface area contributed by atoms with Crippen LogP contribution < -0.4 is 4.74 Å². The maximum atomic E-state index is 11.4. The van der Waals surface area contributed by atoms with Gasteiger partial charge in [-0.25, -0.2) is 4.79 Å². The molecule has 0 fully saturated rings. The lowest BCUT2D eigenvalue weighted by Crippen LogP contribution is -2.12. The average molecular weight is 411 g/mol. The van der Waals surface area contributed by atoms with Crippen LogP contribution in [0.3, 0.4) is 0 Å². The number of aromatic hydroxyl groups is 1. The number of hydrogen-bond donors (Lipinski definition) is 1. The normalized spacial score (nSPS) is 11.5. The summed E-state index contributed by atoms with van der Waals surface area (Å²) in [5.74, 6) is 0.247. The molecular formula is C24H30N2O4. The topological polar surface area (TPSA) is 80.5 Å². The predicted molar refractivity (Wildman–Crippen MR) is 118 cm³/mol. The van der Waals surface area contributed by atoms with Crippen molar-refractivity contribution < 1.29 is 19.4 Å². The Balaban J connectivity index is 2.17. The highest BCUT2D eigenvalue weighted by atomic mass is 16.5. The zero-order valence-corrected chi connectivity index (χ0v) is 18.4. The van der Waals surface area contributed by atoms with Crippen LogP contribution >= 0.6 is 0 Å².